The maximum Gasteiger partial charge on any atom is 0.258 e. The van der Waals surface area contributed by atoms with Gasteiger partial charge >= 0.3 is 0 Å². The van der Waals surface area contributed by atoms with Gasteiger partial charge in [-0.3, -0.25) is 4.79 Å². The molecule has 2 aromatic carbocycles. The van der Waals surface area contributed by atoms with E-state index in [0.717, 1.165) is 22.6 Å². The SMILES string of the molecule is COc1ccc([C@@H]2CC(c3ccccc3)=NN2C(=O)CCl)cc1. The molecule has 118 valence electrons. The van der Waals surface area contributed by atoms with Crippen molar-refractivity contribution in [1.82, 2.24) is 5.01 Å². The quantitative estimate of drug-likeness (QED) is 0.804. The fourth-order valence-electron chi connectivity index (χ4n) is 2.69. The lowest BCUT2D eigenvalue weighted by molar-refractivity contribution is -0.130. The summed E-state index contributed by atoms with van der Waals surface area (Å²) in [5.41, 5.74) is 2.93. The van der Waals surface area contributed by atoms with E-state index < -0.39 is 0 Å². The molecule has 1 aliphatic heterocycles. The van der Waals surface area contributed by atoms with Gasteiger partial charge in [0.1, 0.15) is 11.6 Å². The van der Waals surface area contributed by atoms with Crippen molar-refractivity contribution in [3.8, 4) is 5.75 Å². The van der Waals surface area contributed by atoms with Gasteiger partial charge in [0, 0.05) is 6.42 Å². The molecule has 0 bridgehead atoms. The molecule has 1 heterocycles. The molecular weight excluding hydrogens is 312 g/mol. The number of hydrogen-bond acceptors (Lipinski definition) is 3. The highest BCUT2D eigenvalue weighted by molar-refractivity contribution is 6.27. The van der Waals surface area contributed by atoms with Gasteiger partial charge in [0.15, 0.2) is 0 Å². The molecule has 23 heavy (non-hydrogen) atoms. The summed E-state index contributed by atoms with van der Waals surface area (Å²) < 4.78 is 5.19. The smallest absolute Gasteiger partial charge is 0.258 e. The van der Waals surface area contributed by atoms with E-state index in [1.807, 2.05) is 54.6 Å². The number of amides is 1. The Morgan fingerprint density at radius 1 is 1.22 bits per heavy atom. The first-order valence-corrected chi connectivity index (χ1v) is 7.91. The normalized spacial score (nSPS) is 17.0. The second kappa shape index (κ2) is 6.84. The van der Waals surface area contributed by atoms with Gasteiger partial charge in [-0.05, 0) is 23.3 Å². The van der Waals surface area contributed by atoms with Crippen LogP contribution in [0.1, 0.15) is 23.6 Å². The highest BCUT2D eigenvalue weighted by Gasteiger charge is 2.32. The van der Waals surface area contributed by atoms with Crippen LogP contribution in [0.3, 0.4) is 0 Å². The Bertz CT molecular complexity index is 714. The van der Waals surface area contributed by atoms with Crippen LogP contribution in [0.4, 0.5) is 0 Å². The summed E-state index contributed by atoms with van der Waals surface area (Å²) in [6, 6.07) is 17.4. The first-order chi connectivity index (χ1) is 11.2. The summed E-state index contributed by atoms with van der Waals surface area (Å²) in [6.07, 6.45) is 0.666. The van der Waals surface area contributed by atoms with Crippen molar-refractivity contribution in [2.24, 2.45) is 5.10 Å². The second-order valence-corrected chi connectivity index (χ2v) is 5.55. The first-order valence-electron chi connectivity index (χ1n) is 7.38. The van der Waals surface area contributed by atoms with E-state index in [0.29, 0.717) is 6.42 Å². The molecule has 0 aliphatic carbocycles. The first kappa shape index (κ1) is 15.6. The van der Waals surface area contributed by atoms with Gasteiger partial charge in [0.2, 0.25) is 0 Å². The van der Waals surface area contributed by atoms with Crippen molar-refractivity contribution in [3.63, 3.8) is 0 Å². The maximum absolute atomic E-state index is 12.2. The number of hydrazone groups is 1. The minimum Gasteiger partial charge on any atom is -0.497 e. The molecule has 0 unspecified atom stereocenters. The van der Waals surface area contributed by atoms with Crippen LogP contribution in [0.15, 0.2) is 59.7 Å². The highest BCUT2D eigenvalue weighted by atomic mass is 35.5. The lowest BCUT2D eigenvalue weighted by Gasteiger charge is -2.21. The zero-order valence-electron chi connectivity index (χ0n) is 12.8. The number of ether oxygens (including phenoxy) is 1. The maximum atomic E-state index is 12.2. The predicted octanol–water partition coefficient (Wildman–Crippen LogP) is 3.61. The molecule has 1 amide bonds. The third-order valence-electron chi connectivity index (χ3n) is 3.89. The number of methoxy groups -OCH3 is 1. The van der Waals surface area contributed by atoms with Crippen molar-refractivity contribution in [2.45, 2.75) is 12.5 Å². The molecule has 0 radical (unpaired) electrons. The Labute approximate surface area is 140 Å². The molecule has 3 rings (SSSR count). The molecule has 1 aliphatic rings. The minimum absolute atomic E-state index is 0.0851. The predicted molar refractivity (Wildman–Crippen MR) is 90.9 cm³/mol. The topological polar surface area (TPSA) is 41.9 Å². The van der Waals surface area contributed by atoms with Crippen LogP contribution >= 0.6 is 11.6 Å². The number of carbonyl (C=O) groups excluding carboxylic acids is 1. The van der Waals surface area contributed by atoms with Crippen molar-refractivity contribution >= 4 is 23.2 Å². The number of halogens is 1. The number of hydrogen-bond donors (Lipinski definition) is 0. The number of alkyl halides is 1. The monoisotopic (exact) mass is 328 g/mol. The number of nitrogens with zero attached hydrogens (tertiary/aromatic N) is 2. The van der Waals surface area contributed by atoms with Crippen molar-refractivity contribution in [3.05, 3.63) is 65.7 Å². The Morgan fingerprint density at radius 3 is 2.52 bits per heavy atom. The van der Waals surface area contributed by atoms with E-state index in [9.17, 15) is 4.79 Å². The van der Waals surface area contributed by atoms with Crippen LogP contribution in [0.2, 0.25) is 0 Å². The molecule has 2 aromatic rings. The van der Waals surface area contributed by atoms with E-state index in [2.05, 4.69) is 5.10 Å². The average Bonchev–Trinajstić information content (AvgIpc) is 3.07. The van der Waals surface area contributed by atoms with Crippen LogP contribution in [0.25, 0.3) is 0 Å². The average molecular weight is 329 g/mol. The Balaban J connectivity index is 1.92. The minimum atomic E-state index is -0.196. The number of rotatable bonds is 4. The molecule has 0 saturated carbocycles. The molecule has 0 spiro atoms. The van der Waals surface area contributed by atoms with E-state index in [-0.39, 0.29) is 17.8 Å². The molecular formula is C18H17ClN2O2. The molecule has 4 nitrogen and oxygen atoms in total. The lowest BCUT2D eigenvalue weighted by atomic mass is 9.98. The van der Waals surface area contributed by atoms with Crippen molar-refractivity contribution in [2.75, 3.05) is 13.0 Å². The molecule has 0 saturated heterocycles. The highest BCUT2D eigenvalue weighted by Crippen LogP contribution is 2.33. The van der Waals surface area contributed by atoms with Gasteiger partial charge in [-0.15, -0.1) is 11.6 Å². The summed E-state index contributed by atoms with van der Waals surface area (Å²) >= 11 is 5.75. The summed E-state index contributed by atoms with van der Waals surface area (Å²) in [7, 11) is 1.63. The third-order valence-corrected chi connectivity index (χ3v) is 4.12. The summed E-state index contributed by atoms with van der Waals surface area (Å²) in [4.78, 5) is 12.2. The lowest BCUT2D eigenvalue weighted by Crippen LogP contribution is -2.27. The Morgan fingerprint density at radius 2 is 1.91 bits per heavy atom. The van der Waals surface area contributed by atoms with Crippen LogP contribution < -0.4 is 4.74 Å². The summed E-state index contributed by atoms with van der Waals surface area (Å²) in [5, 5.41) is 6.01. The second-order valence-electron chi connectivity index (χ2n) is 5.28. The molecule has 5 heteroatoms. The van der Waals surface area contributed by atoms with E-state index in [4.69, 9.17) is 16.3 Å². The van der Waals surface area contributed by atoms with Crippen molar-refractivity contribution < 1.29 is 9.53 Å². The summed E-state index contributed by atoms with van der Waals surface area (Å²) in [5.74, 6) is 0.502. The van der Waals surface area contributed by atoms with E-state index in [1.165, 1.54) is 5.01 Å². The van der Waals surface area contributed by atoms with Gasteiger partial charge < -0.3 is 4.74 Å². The number of benzene rings is 2. The summed E-state index contributed by atoms with van der Waals surface area (Å²) in [6.45, 7) is 0. The fraction of sp³-hybridized carbons (Fsp3) is 0.222. The van der Waals surface area contributed by atoms with Crippen LogP contribution in [-0.4, -0.2) is 29.6 Å². The fourth-order valence-corrected chi connectivity index (χ4v) is 2.81. The van der Waals surface area contributed by atoms with Crippen molar-refractivity contribution in [1.29, 1.82) is 0 Å². The number of carbonyl (C=O) groups is 1. The molecule has 0 aromatic heterocycles. The standard InChI is InChI=1S/C18H17ClN2O2/c1-23-15-9-7-14(8-10-15)17-11-16(13-5-3-2-4-6-13)20-21(17)18(22)12-19/h2-10,17H,11-12H2,1H3/t17-/m0/s1. The van der Waals surface area contributed by atoms with Gasteiger partial charge in [0.05, 0.1) is 18.9 Å². The largest absolute Gasteiger partial charge is 0.497 e. The van der Waals surface area contributed by atoms with Crippen LogP contribution in [0, 0.1) is 0 Å². The zero-order chi connectivity index (χ0) is 16.2. The zero-order valence-corrected chi connectivity index (χ0v) is 13.5. The molecule has 1 atom stereocenters. The molecule has 0 N–H and O–H groups in total. The van der Waals surface area contributed by atoms with E-state index in [1.54, 1.807) is 7.11 Å². The van der Waals surface area contributed by atoms with E-state index >= 15 is 0 Å². The van der Waals surface area contributed by atoms with Crippen LogP contribution in [0.5, 0.6) is 5.75 Å². The Hall–Kier alpha value is -2.33. The van der Waals surface area contributed by atoms with Gasteiger partial charge in [0.25, 0.3) is 5.91 Å². The van der Waals surface area contributed by atoms with Gasteiger partial charge in [-0.2, -0.15) is 5.10 Å². The third kappa shape index (κ3) is 3.22. The molecule has 0 fully saturated rings. The van der Waals surface area contributed by atoms with Gasteiger partial charge in [-0.25, -0.2) is 5.01 Å². The van der Waals surface area contributed by atoms with Crippen LogP contribution in [-0.2, 0) is 4.79 Å². The van der Waals surface area contributed by atoms with Gasteiger partial charge in [-0.1, -0.05) is 42.5 Å². The Kier molecular flexibility index (Phi) is 4.63.